The van der Waals surface area contributed by atoms with E-state index in [4.69, 9.17) is 24.9 Å². The highest BCUT2D eigenvalue weighted by molar-refractivity contribution is 6.16. The van der Waals surface area contributed by atoms with Crippen molar-refractivity contribution in [2.24, 2.45) is 0 Å². The van der Waals surface area contributed by atoms with Gasteiger partial charge in [0.25, 0.3) is 0 Å². The molecule has 206 valence electrons. The van der Waals surface area contributed by atoms with Gasteiger partial charge in [0.2, 0.25) is 0 Å². The molecule has 0 spiro atoms. The van der Waals surface area contributed by atoms with Gasteiger partial charge < -0.3 is 8.98 Å². The third-order valence-electron chi connectivity index (χ3n) is 7.97. The first kappa shape index (κ1) is 20.8. The van der Waals surface area contributed by atoms with Crippen molar-refractivity contribution in [2.45, 2.75) is 0 Å². The van der Waals surface area contributed by atoms with E-state index in [2.05, 4.69) is 0 Å². The molecule has 0 aliphatic rings. The predicted molar refractivity (Wildman–Crippen MR) is 178 cm³/mol. The summed E-state index contributed by atoms with van der Waals surface area (Å²) in [5.41, 5.74) is 5.52. The second-order valence-electron chi connectivity index (χ2n) is 10.5. The highest BCUT2D eigenvalue weighted by Crippen LogP contribution is 2.41. The topological polar surface area (TPSA) is 56.7 Å². The summed E-state index contributed by atoms with van der Waals surface area (Å²) < 4.78 is 43.0. The smallest absolute Gasteiger partial charge is 0.167 e. The third kappa shape index (κ3) is 3.76. The van der Waals surface area contributed by atoms with Crippen LogP contribution in [0.15, 0.2) is 150 Å². The number of fused-ring (bicyclic) bond motifs is 6. The molecule has 0 bridgehead atoms. The summed E-state index contributed by atoms with van der Waals surface area (Å²) in [6, 6.07) is 38.4. The maximum atomic E-state index is 8.92. The molecule has 0 N–H and O–H groups in total. The number of rotatable bonds is 4. The Bertz CT molecular complexity index is 2600. The number of aromatic nitrogens is 4. The zero-order valence-electron chi connectivity index (χ0n) is 27.2. The first-order valence-electron chi connectivity index (χ1n) is 16.3. The molecule has 9 rings (SSSR count). The molecule has 0 saturated heterocycles. The molecule has 0 atom stereocenters. The van der Waals surface area contributed by atoms with Gasteiger partial charge in [-0.05, 0) is 30.3 Å². The number of hydrogen-bond acceptors (Lipinski definition) is 4. The summed E-state index contributed by atoms with van der Waals surface area (Å²) in [5.74, 6) is 1.57. The number of para-hydroxylation sites is 3. The summed E-state index contributed by atoms with van der Waals surface area (Å²) in [4.78, 5) is 14.7. The van der Waals surface area contributed by atoms with Gasteiger partial charge in [-0.15, -0.1) is 0 Å². The number of nitrogens with zero attached hydrogens (tertiary/aromatic N) is 4. The number of furan rings is 1. The van der Waals surface area contributed by atoms with Crippen molar-refractivity contribution in [3.63, 3.8) is 0 Å². The minimum absolute atomic E-state index is 0.164. The molecule has 44 heavy (non-hydrogen) atoms. The van der Waals surface area contributed by atoms with Gasteiger partial charge in [0.1, 0.15) is 11.2 Å². The lowest BCUT2D eigenvalue weighted by Crippen LogP contribution is -2.00. The highest BCUT2D eigenvalue weighted by Gasteiger charge is 2.21. The van der Waals surface area contributed by atoms with E-state index in [1.807, 2.05) is 102 Å². The van der Waals surface area contributed by atoms with Gasteiger partial charge in [0, 0.05) is 27.3 Å². The zero-order valence-corrected chi connectivity index (χ0v) is 23.2. The fourth-order valence-electron chi connectivity index (χ4n) is 6.02. The second-order valence-corrected chi connectivity index (χ2v) is 10.5. The van der Waals surface area contributed by atoms with E-state index < -0.39 is 0 Å². The van der Waals surface area contributed by atoms with Gasteiger partial charge >= 0.3 is 0 Å². The molecular weight excluding hydrogens is 540 g/mol. The van der Waals surface area contributed by atoms with Gasteiger partial charge in [-0.3, -0.25) is 0 Å². The van der Waals surface area contributed by atoms with Crippen LogP contribution < -0.4 is 0 Å². The van der Waals surface area contributed by atoms with Crippen LogP contribution >= 0.6 is 0 Å². The average Bonchev–Trinajstić information content (AvgIpc) is 3.65. The fourth-order valence-corrected chi connectivity index (χ4v) is 6.02. The lowest BCUT2D eigenvalue weighted by Gasteiger charge is -2.10. The monoisotopic (exact) mass is 568 g/mol. The Balaban J connectivity index is 1.34. The van der Waals surface area contributed by atoms with Crippen molar-refractivity contribution in [1.82, 2.24) is 19.5 Å². The average molecular weight is 569 g/mol. The van der Waals surface area contributed by atoms with Gasteiger partial charge in [-0.25, -0.2) is 15.0 Å². The molecule has 6 aromatic carbocycles. The van der Waals surface area contributed by atoms with Crippen molar-refractivity contribution in [1.29, 1.82) is 0 Å². The van der Waals surface area contributed by atoms with Crippen LogP contribution in [0.3, 0.4) is 0 Å². The van der Waals surface area contributed by atoms with Crippen LogP contribution in [0.5, 0.6) is 0 Å². The minimum atomic E-state index is 0.164. The molecule has 3 heterocycles. The molecule has 0 unspecified atom stereocenters. The Morgan fingerprint density at radius 3 is 1.75 bits per heavy atom. The van der Waals surface area contributed by atoms with Crippen molar-refractivity contribution < 1.29 is 9.90 Å². The van der Waals surface area contributed by atoms with E-state index in [1.54, 1.807) is 12.1 Å². The van der Waals surface area contributed by atoms with Crippen LogP contribution in [0, 0.1) is 0 Å². The summed E-state index contributed by atoms with van der Waals surface area (Å²) in [5, 5.41) is 2.94. The van der Waals surface area contributed by atoms with Crippen molar-refractivity contribution in [3.05, 3.63) is 145 Å². The molecule has 0 radical (unpaired) electrons. The molecule has 0 aliphatic heterocycles. The van der Waals surface area contributed by atoms with E-state index in [9.17, 15) is 0 Å². The normalized spacial score (nSPS) is 12.9. The minimum Gasteiger partial charge on any atom is -0.455 e. The van der Waals surface area contributed by atoms with Gasteiger partial charge in [-0.2, -0.15) is 0 Å². The Hall–Kier alpha value is -6.07. The highest BCUT2D eigenvalue weighted by atomic mass is 16.3. The van der Waals surface area contributed by atoms with Crippen LogP contribution in [-0.2, 0) is 0 Å². The summed E-state index contributed by atoms with van der Waals surface area (Å²) >= 11 is 0. The number of hydrogen-bond donors (Lipinski definition) is 0. The molecule has 0 fully saturated rings. The lowest BCUT2D eigenvalue weighted by molar-refractivity contribution is 0.669. The summed E-state index contributed by atoms with van der Waals surface area (Å²) in [6.07, 6.45) is 0. The molecule has 9 aromatic rings. The maximum Gasteiger partial charge on any atom is 0.167 e. The van der Waals surface area contributed by atoms with Crippen LogP contribution in [0.1, 0.15) is 5.48 Å². The van der Waals surface area contributed by atoms with Crippen LogP contribution in [0.2, 0.25) is 0 Å². The molecule has 5 nitrogen and oxygen atoms in total. The third-order valence-corrected chi connectivity index (χ3v) is 7.97. The van der Waals surface area contributed by atoms with E-state index in [0.29, 0.717) is 56.0 Å². The number of benzene rings is 6. The zero-order chi connectivity index (χ0) is 32.5. The summed E-state index contributed by atoms with van der Waals surface area (Å²) in [6.45, 7) is 0. The quantitative estimate of drug-likeness (QED) is 0.212. The fraction of sp³-hybridized carbons (Fsp3) is 0. The largest absolute Gasteiger partial charge is 0.455 e. The molecule has 3 aromatic heterocycles. The Morgan fingerprint density at radius 1 is 0.523 bits per heavy atom. The SMILES string of the molecule is [2H]c1cc([2H])c2c(c1)c1cc([2H])cc([2H])c1n2-c1cccc2oc3c(-c4nc(-c5ccccc5)nc(-c5ccccc5)n4)cccc3c12. The van der Waals surface area contributed by atoms with E-state index >= 15 is 0 Å². The molecule has 0 aliphatic carbocycles. The van der Waals surface area contributed by atoms with Gasteiger partial charge in [-0.1, -0.05) is 115 Å². The lowest BCUT2D eigenvalue weighted by atomic mass is 10.1. The van der Waals surface area contributed by atoms with E-state index in [1.165, 1.54) is 12.1 Å². The van der Waals surface area contributed by atoms with Crippen LogP contribution in [0.25, 0.3) is 83.6 Å². The Morgan fingerprint density at radius 2 is 1.11 bits per heavy atom. The first-order chi connectivity index (χ1) is 23.4. The van der Waals surface area contributed by atoms with Crippen LogP contribution in [0.4, 0.5) is 0 Å². The predicted octanol–water partition coefficient (Wildman–Crippen LogP) is 9.87. The van der Waals surface area contributed by atoms with Crippen LogP contribution in [-0.4, -0.2) is 19.5 Å². The summed E-state index contributed by atoms with van der Waals surface area (Å²) in [7, 11) is 0. The van der Waals surface area contributed by atoms with E-state index in [-0.39, 0.29) is 24.2 Å². The van der Waals surface area contributed by atoms with E-state index in [0.717, 1.165) is 27.6 Å². The molecular formula is C39H24N4O. The molecule has 0 amide bonds. The standard InChI is InChI=1S/C39H24N4O/c1-3-13-25(14-4-1)37-40-38(26-15-5-2-6-16-26)42-39(41-37)30-20-11-19-29-35-33(23-12-24-34(35)44-36(29)30)43-31-21-9-7-17-27(31)28-18-8-10-22-32(28)43/h1-24H/i7D,8D,21D,22D. The first-order valence-corrected chi connectivity index (χ1v) is 14.3. The second kappa shape index (κ2) is 9.75. The Labute approximate surface area is 258 Å². The van der Waals surface area contributed by atoms with Gasteiger partial charge in [0.05, 0.1) is 33.2 Å². The molecule has 5 heteroatoms. The maximum absolute atomic E-state index is 8.92. The van der Waals surface area contributed by atoms with Crippen molar-refractivity contribution in [3.8, 4) is 39.9 Å². The van der Waals surface area contributed by atoms with Gasteiger partial charge in [0.15, 0.2) is 17.5 Å². The molecule has 0 saturated carbocycles. The van der Waals surface area contributed by atoms with Crippen molar-refractivity contribution in [2.75, 3.05) is 0 Å². The Kier molecular flexibility index (Phi) is 4.60. The van der Waals surface area contributed by atoms with Crippen molar-refractivity contribution >= 4 is 43.7 Å².